The number of hydrogen-bond acceptors (Lipinski definition) is 5. The van der Waals surface area contributed by atoms with E-state index >= 15 is 0 Å². The number of imidazole rings is 1. The van der Waals surface area contributed by atoms with Gasteiger partial charge in [0.15, 0.2) is 0 Å². The normalized spacial score (nSPS) is 25.0. The molecule has 4 heterocycles. The lowest BCUT2D eigenvalue weighted by Crippen LogP contribution is -2.36. The third-order valence-corrected chi connectivity index (χ3v) is 6.58. The Hall–Kier alpha value is -2.41. The van der Waals surface area contributed by atoms with Crippen molar-refractivity contribution >= 4 is 0 Å². The second kappa shape index (κ2) is 7.44. The first-order chi connectivity index (χ1) is 14.1. The van der Waals surface area contributed by atoms with Crippen LogP contribution in [0, 0.1) is 18.3 Å². The molecule has 3 aromatic rings. The van der Waals surface area contributed by atoms with Gasteiger partial charge in [-0.05, 0) is 30.5 Å². The van der Waals surface area contributed by atoms with Crippen molar-refractivity contribution in [2.45, 2.75) is 20.0 Å². The highest BCUT2D eigenvalue weighted by Crippen LogP contribution is 2.43. The first-order valence-electron chi connectivity index (χ1n) is 10.3. The highest BCUT2D eigenvalue weighted by Gasteiger charge is 2.51. The van der Waals surface area contributed by atoms with E-state index in [1.54, 1.807) is 6.33 Å². The largest absolute Gasteiger partial charge is 0.461 e. The van der Waals surface area contributed by atoms with Gasteiger partial charge in [0.1, 0.15) is 11.5 Å². The Kier molecular flexibility index (Phi) is 4.78. The number of H-pyrrole nitrogens is 1. The summed E-state index contributed by atoms with van der Waals surface area (Å²) in [4.78, 5) is 12.3. The first-order valence-corrected chi connectivity index (χ1v) is 10.3. The number of aromatic nitrogens is 2. The van der Waals surface area contributed by atoms with Gasteiger partial charge in [0, 0.05) is 62.1 Å². The zero-order valence-corrected chi connectivity index (χ0v) is 16.8. The average molecular weight is 393 g/mol. The molecule has 2 saturated heterocycles. The lowest BCUT2D eigenvalue weighted by atomic mass is 9.82. The fraction of sp³-hybridized carbons (Fsp3) is 0.435. The first kappa shape index (κ1) is 18.6. The van der Waals surface area contributed by atoms with Gasteiger partial charge in [0.05, 0.1) is 12.9 Å². The molecule has 152 valence electrons. The van der Waals surface area contributed by atoms with Gasteiger partial charge in [0.2, 0.25) is 0 Å². The number of aliphatic hydroxyl groups excluding tert-OH is 1. The van der Waals surface area contributed by atoms with Crippen LogP contribution in [-0.4, -0.2) is 57.7 Å². The van der Waals surface area contributed by atoms with Gasteiger partial charge >= 0.3 is 0 Å². The number of nitrogens with one attached hydrogen (secondary N) is 1. The molecular formula is C23H28N4O2. The summed E-state index contributed by atoms with van der Waals surface area (Å²) in [6.45, 7) is 7.89. The van der Waals surface area contributed by atoms with Crippen LogP contribution in [0.5, 0.6) is 0 Å². The van der Waals surface area contributed by atoms with Crippen LogP contribution < -0.4 is 0 Å². The zero-order valence-electron chi connectivity index (χ0n) is 16.8. The van der Waals surface area contributed by atoms with Gasteiger partial charge in [-0.25, -0.2) is 4.98 Å². The van der Waals surface area contributed by atoms with Crippen molar-refractivity contribution in [2.75, 3.05) is 32.8 Å². The predicted octanol–water partition coefficient (Wildman–Crippen LogP) is 2.90. The molecule has 2 aromatic heterocycles. The summed E-state index contributed by atoms with van der Waals surface area (Å²) in [5, 5.41) is 10.3. The number of furan rings is 1. The monoisotopic (exact) mass is 392 g/mol. The highest BCUT2D eigenvalue weighted by atomic mass is 16.3. The Morgan fingerprint density at radius 2 is 1.93 bits per heavy atom. The number of benzene rings is 1. The third-order valence-electron chi connectivity index (χ3n) is 6.58. The minimum absolute atomic E-state index is 0.0315. The maximum absolute atomic E-state index is 10.3. The Labute approximate surface area is 171 Å². The van der Waals surface area contributed by atoms with Crippen LogP contribution in [0.2, 0.25) is 0 Å². The summed E-state index contributed by atoms with van der Waals surface area (Å²) in [6.07, 6.45) is 3.62. The topological polar surface area (TPSA) is 68.5 Å². The van der Waals surface area contributed by atoms with E-state index in [1.807, 2.05) is 19.2 Å². The summed E-state index contributed by atoms with van der Waals surface area (Å²) in [7, 11) is 0. The molecule has 0 bridgehead atoms. The van der Waals surface area contributed by atoms with Gasteiger partial charge in [-0.3, -0.25) is 9.80 Å². The Morgan fingerprint density at radius 1 is 1.14 bits per heavy atom. The molecule has 2 N–H and O–H groups in total. The van der Waals surface area contributed by atoms with E-state index in [2.05, 4.69) is 50.1 Å². The standard InChI is InChI=1S/C23H28N4O2/c1-17-6-7-22(29-17)21-5-3-2-4-18(21)9-26-10-19-11-27(12-20-8-24-16-25-20)14-23(19,13-26)15-28/h2-8,16,19,28H,9-15H2,1H3,(H,24,25). The van der Waals surface area contributed by atoms with Crippen LogP contribution >= 0.6 is 0 Å². The minimum atomic E-state index is -0.0315. The molecular weight excluding hydrogens is 364 g/mol. The number of nitrogens with zero attached hydrogens (tertiary/aromatic N) is 3. The zero-order chi connectivity index (χ0) is 19.8. The van der Waals surface area contributed by atoms with E-state index in [9.17, 15) is 5.11 Å². The van der Waals surface area contributed by atoms with E-state index in [0.29, 0.717) is 5.92 Å². The lowest BCUT2D eigenvalue weighted by Gasteiger charge is -2.27. The molecule has 29 heavy (non-hydrogen) atoms. The van der Waals surface area contributed by atoms with Crippen molar-refractivity contribution in [2.24, 2.45) is 11.3 Å². The number of aliphatic hydroxyl groups is 1. The van der Waals surface area contributed by atoms with Crippen LogP contribution in [0.1, 0.15) is 17.0 Å². The minimum Gasteiger partial charge on any atom is -0.461 e. The summed E-state index contributed by atoms with van der Waals surface area (Å²) < 4.78 is 5.88. The van der Waals surface area contributed by atoms with E-state index < -0.39 is 0 Å². The molecule has 2 unspecified atom stereocenters. The fourth-order valence-electron chi connectivity index (χ4n) is 5.20. The van der Waals surface area contributed by atoms with Crippen LogP contribution in [0.25, 0.3) is 11.3 Å². The van der Waals surface area contributed by atoms with E-state index in [0.717, 1.165) is 62.0 Å². The molecule has 0 saturated carbocycles. The molecule has 0 aliphatic carbocycles. The number of fused-ring (bicyclic) bond motifs is 1. The summed E-state index contributed by atoms with van der Waals surface area (Å²) >= 11 is 0. The maximum Gasteiger partial charge on any atom is 0.134 e. The van der Waals surface area contributed by atoms with Crippen LogP contribution in [0.4, 0.5) is 0 Å². The summed E-state index contributed by atoms with van der Waals surface area (Å²) in [6, 6.07) is 12.6. The number of hydrogen-bond donors (Lipinski definition) is 2. The SMILES string of the molecule is Cc1ccc(-c2ccccc2CN2CC3CN(Cc4cnc[nH]4)CC3(CO)C2)o1. The van der Waals surface area contributed by atoms with E-state index in [-0.39, 0.29) is 12.0 Å². The maximum atomic E-state index is 10.3. The van der Waals surface area contributed by atoms with Crippen molar-refractivity contribution in [1.29, 1.82) is 0 Å². The quantitative estimate of drug-likeness (QED) is 0.675. The van der Waals surface area contributed by atoms with Gasteiger partial charge in [-0.2, -0.15) is 0 Å². The molecule has 0 spiro atoms. The predicted molar refractivity (Wildman–Crippen MR) is 111 cm³/mol. The third kappa shape index (κ3) is 3.52. The fourth-order valence-corrected chi connectivity index (χ4v) is 5.20. The van der Waals surface area contributed by atoms with Crippen molar-refractivity contribution in [3.05, 3.63) is 65.9 Å². The molecule has 0 radical (unpaired) electrons. The summed E-state index contributed by atoms with van der Waals surface area (Å²) in [5.74, 6) is 2.36. The Balaban J connectivity index is 1.30. The molecule has 5 rings (SSSR count). The molecule has 6 heteroatoms. The second-order valence-electron chi connectivity index (χ2n) is 8.70. The molecule has 2 fully saturated rings. The smallest absolute Gasteiger partial charge is 0.134 e. The number of rotatable bonds is 6. The molecule has 1 aromatic carbocycles. The van der Waals surface area contributed by atoms with Crippen molar-refractivity contribution in [3.63, 3.8) is 0 Å². The van der Waals surface area contributed by atoms with Crippen molar-refractivity contribution < 1.29 is 9.52 Å². The number of aromatic amines is 1. The van der Waals surface area contributed by atoms with E-state index in [4.69, 9.17) is 4.42 Å². The van der Waals surface area contributed by atoms with Gasteiger partial charge < -0.3 is 14.5 Å². The van der Waals surface area contributed by atoms with Crippen molar-refractivity contribution in [3.8, 4) is 11.3 Å². The number of aryl methyl sites for hydroxylation is 1. The molecule has 6 nitrogen and oxygen atoms in total. The highest BCUT2D eigenvalue weighted by molar-refractivity contribution is 5.62. The Bertz CT molecular complexity index is 967. The molecule has 0 amide bonds. The summed E-state index contributed by atoms with van der Waals surface area (Å²) in [5.41, 5.74) is 3.55. The van der Waals surface area contributed by atoms with E-state index in [1.165, 1.54) is 5.56 Å². The molecule has 2 aliphatic rings. The molecule has 2 atom stereocenters. The Morgan fingerprint density at radius 3 is 2.59 bits per heavy atom. The van der Waals surface area contributed by atoms with Crippen molar-refractivity contribution in [1.82, 2.24) is 19.8 Å². The van der Waals surface area contributed by atoms with Gasteiger partial charge in [0.25, 0.3) is 0 Å². The van der Waals surface area contributed by atoms with Crippen LogP contribution in [-0.2, 0) is 13.1 Å². The molecule has 2 aliphatic heterocycles. The van der Waals surface area contributed by atoms with Crippen LogP contribution in [0.15, 0.2) is 53.3 Å². The average Bonchev–Trinajstić information content (AvgIpc) is 3.47. The number of likely N-dealkylation sites (tertiary alicyclic amines) is 2. The lowest BCUT2D eigenvalue weighted by molar-refractivity contribution is 0.110. The van der Waals surface area contributed by atoms with Gasteiger partial charge in [-0.1, -0.05) is 24.3 Å². The van der Waals surface area contributed by atoms with Crippen LogP contribution in [0.3, 0.4) is 0 Å². The second-order valence-corrected chi connectivity index (χ2v) is 8.70. The van der Waals surface area contributed by atoms with Gasteiger partial charge in [-0.15, -0.1) is 0 Å².